The van der Waals surface area contributed by atoms with Crippen molar-refractivity contribution >= 4 is 0 Å². The molecular weight excluding hydrogens is 452 g/mol. The molecule has 1 unspecified atom stereocenters. The number of fused-ring (bicyclic) bond motifs is 1. The molecule has 0 N–H and O–H groups in total. The van der Waals surface area contributed by atoms with Gasteiger partial charge in [0.05, 0.1) is 27.4 Å². The maximum Gasteiger partial charge on any atom is 0.203 e. The summed E-state index contributed by atoms with van der Waals surface area (Å²) in [6.07, 6.45) is 3.22. The number of aryl methyl sites for hydroxylation is 1. The lowest BCUT2D eigenvalue weighted by molar-refractivity contribution is 0.219. The summed E-state index contributed by atoms with van der Waals surface area (Å²) in [5, 5.41) is 0. The van der Waals surface area contributed by atoms with E-state index in [1.165, 1.54) is 11.3 Å². The maximum absolute atomic E-state index is 6.10. The van der Waals surface area contributed by atoms with Crippen molar-refractivity contribution in [1.82, 2.24) is 9.47 Å². The van der Waals surface area contributed by atoms with Gasteiger partial charge in [-0.05, 0) is 66.1 Å². The standard InChI is InChI=1S/C30H32N2O4/c1-33-27-19-23(20-28(34-2)30(27)35-3)29-26-14-8-15-31(26)16-9-17-32(29)21-22-10-7-13-25(18-22)36-24-11-5-4-6-12-24/h4-8,10-15,18-20,29H,9,16-17,21H2,1-3H3. The van der Waals surface area contributed by atoms with Crippen molar-refractivity contribution < 1.29 is 18.9 Å². The number of methoxy groups -OCH3 is 3. The first kappa shape index (κ1) is 23.8. The van der Waals surface area contributed by atoms with Gasteiger partial charge in [-0.2, -0.15) is 0 Å². The Kier molecular flexibility index (Phi) is 7.14. The molecule has 186 valence electrons. The molecule has 1 atom stereocenters. The average Bonchev–Trinajstić information content (AvgIpc) is 3.29. The SMILES string of the molecule is COc1cc(C2c3cccn3CCCN2Cc2cccc(Oc3ccccc3)c2)cc(OC)c1OC. The predicted molar refractivity (Wildman–Crippen MR) is 140 cm³/mol. The van der Waals surface area contributed by atoms with Crippen LogP contribution < -0.4 is 18.9 Å². The van der Waals surface area contributed by atoms with E-state index in [0.29, 0.717) is 17.2 Å². The molecule has 0 bridgehead atoms. The number of rotatable bonds is 8. The largest absolute Gasteiger partial charge is 0.493 e. The average molecular weight is 485 g/mol. The molecule has 2 heterocycles. The monoisotopic (exact) mass is 484 g/mol. The number of hydrogen-bond donors (Lipinski definition) is 0. The van der Waals surface area contributed by atoms with Crippen LogP contribution in [0.1, 0.15) is 29.3 Å². The van der Waals surface area contributed by atoms with Crippen LogP contribution in [0, 0.1) is 0 Å². The van der Waals surface area contributed by atoms with Crippen LogP contribution in [0.25, 0.3) is 0 Å². The van der Waals surface area contributed by atoms with Crippen molar-refractivity contribution in [2.75, 3.05) is 27.9 Å². The first-order valence-electron chi connectivity index (χ1n) is 12.2. The number of para-hydroxylation sites is 1. The molecule has 1 aliphatic heterocycles. The fraction of sp³-hybridized carbons (Fsp3) is 0.267. The zero-order valence-corrected chi connectivity index (χ0v) is 21.0. The van der Waals surface area contributed by atoms with Crippen molar-refractivity contribution in [3.63, 3.8) is 0 Å². The lowest BCUT2D eigenvalue weighted by atomic mass is 9.99. The third kappa shape index (κ3) is 4.90. The minimum Gasteiger partial charge on any atom is -0.493 e. The van der Waals surface area contributed by atoms with E-state index in [0.717, 1.165) is 43.1 Å². The Morgan fingerprint density at radius 3 is 2.22 bits per heavy atom. The molecule has 6 heteroatoms. The zero-order valence-electron chi connectivity index (χ0n) is 21.0. The molecule has 0 amide bonds. The number of hydrogen-bond acceptors (Lipinski definition) is 5. The Morgan fingerprint density at radius 1 is 0.750 bits per heavy atom. The minimum absolute atomic E-state index is 0.0231. The molecule has 1 aliphatic rings. The van der Waals surface area contributed by atoms with Crippen molar-refractivity contribution in [3.05, 3.63) is 102 Å². The molecule has 5 rings (SSSR count). The molecule has 0 saturated heterocycles. The summed E-state index contributed by atoms with van der Waals surface area (Å²) in [4.78, 5) is 2.52. The van der Waals surface area contributed by atoms with Gasteiger partial charge in [-0.3, -0.25) is 4.90 Å². The van der Waals surface area contributed by atoms with Crippen molar-refractivity contribution in [2.24, 2.45) is 0 Å². The molecule has 0 fully saturated rings. The second-order valence-electron chi connectivity index (χ2n) is 8.87. The molecule has 0 radical (unpaired) electrons. The topological polar surface area (TPSA) is 45.1 Å². The number of benzene rings is 3. The second-order valence-corrected chi connectivity index (χ2v) is 8.87. The van der Waals surface area contributed by atoms with Gasteiger partial charge in [-0.25, -0.2) is 0 Å². The Bertz CT molecular complexity index is 1280. The summed E-state index contributed by atoms with van der Waals surface area (Å²) in [6, 6.07) is 26.7. The molecule has 4 aromatic rings. The predicted octanol–water partition coefficient (Wildman–Crippen LogP) is 6.30. The van der Waals surface area contributed by atoms with Crippen LogP contribution in [0.3, 0.4) is 0 Å². The van der Waals surface area contributed by atoms with Crippen LogP contribution in [-0.2, 0) is 13.1 Å². The van der Waals surface area contributed by atoms with Gasteiger partial charge in [-0.15, -0.1) is 0 Å². The highest BCUT2D eigenvalue weighted by Gasteiger charge is 2.29. The molecule has 1 aromatic heterocycles. The van der Waals surface area contributed by atoms with Crippen LogP contribution >= 0.6 is 0 Å². The molecule has 3 aromatic carbocycles. The summed E-state index contributed by atoms with van der Waals surface area (Å²) in [5.41, 5.74) is 3.54. The van der Waals surface area contributed by atoms with Gasteiger partial charge in [-0.1, -0.05) is 30.3 Å². The van der Waals surface area contributed by atoms with E-state index in [9.17, 15) is 0 Å². The van der Waals surface area contributed by atoms with Gasteiger partial charge >= 0.3 is 0 Å². The molecular formula is C30H32N2O4. The summed E-state index contributed by atoms with van der Waals surface area (Å²) >= 11 is 0. The number of ether oxygens (including phenoxy) is 4. The lowest BCUT2D eigenvalue weighted by Crippen LogP contribution is -2.29. The van der Waals surface area contributed by atoms with Crippen molar-refractivity contribution in [2.45, 2.75) is 25.6 Å². The van der Waals surface area contributed by atoms with Gasteiger partial charge in [0, 0.05) is 31.5 Å². The third-order valence-electron chi connectivity index (χ3n) is 6.62. The maximum atomic E-state index is 6.10. The summed E-state index contributed by atoms with van der Waals surface area (Å²) in [6.45, 7) is 2.71. The second kappa shape index (κ2) is 10.8. The Morgan fingerprint density at radius 2 is 1.50 bits per heavy atom. The van der Waals surface area contributed by atoms with Gasteiger partial charge in [0.1, 0.15) is 11.5 Å². The Labute approximate surface area is 212 Å². The van der Waals surface area contributed by atoms with Crippen LogP contribution in [-0.4, -0.2) is 37.3 Å². The first-order valence-corrected chi connectivity index (χ1v) is 12.2. The van der Waals surface area contributed by atoms with E-state index in [4.69, 9.17) is 18.9 Å². The normalized spacial score (nSPS) is 15.6. The molecule has 0 aliphatic carbocycles. The Hall–Kier alpha value is -3.90. The van der Waals surface area contributed by atoms with Gasteiger partial charge < -0.3 is 23.5 Å². The van der Waals surface area contributed by atoms with Gasteiger partial charge in [0.25, 0.3) is 0 Å². The van der Waals surface area contributed by atoms with Crippen LogP contribution in [0.2, 0.25) is 0 Å². The highest BCUT2D eigenvalue weighted by atomic mass is 16.5. The van der Waals surface area contributed by atoms with Crippen LogP contribution in [0.4, 0.5) is 0 Å². The quantitative estimate of drug-likeness (QED) is 0.294. The highest BCUT2D eigenvalue weighted by Crippen LogP contribution is 2.43. The van der Waals surface area contributed by atoms with Gasteiger partial charge in [0.15, 0.2) is 11.5 Å². The van der Waals surface area contributed by atoms with E-state index in [2.05, 4.69) is 58.1 Å². The van der Waals surface area contributed by atoms with Crippen molar-refractivity contribution in [1.29, 1.82) is 0 Å². The molecule has 6 nitrogen and oxygen atoms in total. The minimum atomic E-state index is 0.0231. The van der Waals surface area contributed by atoms with Gasteiger partial charge in [0.2, 0.25) is 5.75 Å². The Balaban J connectivity index is 1.51. The van der Waals surface area contributed by atoms with E-state index in [1.54, 1.807) is 21.3 Å². The van der Waals surface area contributed by atoms with Crippen LogP contribution in [0.5, 0.6) is 28.7 Å². The summed E-state index contributed by atoms with van der Waals surface area (Å²) in [7, 11) is 4.95. The van der Waals surface area contributed by atoms with Crippen molar-refractivity contribution in [3.8, 4) is 28.7 Å². The summed E-state index contributed by atoms with van der Waals surface area (Å²) < 4.78 is 25.4. The molecule has 36 heavy (non-hydrogen) atoms. The van der Waals surface area contributed by atoms with E-state index in [-0.39, 0.29) is 6.04 Å². The molecule has 0 saturated carbocycles. The zero-order chi connectivity index (χ0) is 24.9. The molecule has 0 spiro atoms. The van der Waals surface area contributed by atoms with Crippen LogP contribution in [0.15, 0.2) is 85.1 Å². The first-order chi connectivity index (χ1) is 17.7. The summed E-state index contributed by atoms with van der Waals surface area (Å²) in [5.74, 6) is 3.59. The smallest absolute Gasteiger partial charge is 0.203 e. The number of nitrogens with zero attached hydrogens (tertiary/aromatic N) is 2. The van der Waals surface area contributed by atoms with E-state index in [1.807, 2.05) is 36.4 Å². The highest BCUT2D eigenvalue weighted by molar-refractivity contribution is 5.55. The van der Waals surface area contributed by atoms with E-state index >= 15 is 0 Å². The third-order valence-corrected chi connectivity index (χ3v) is 6.62. The number of aromatic nitrogens is 1. The fourth-order valence-corrected chi connectivity index (χ4v) is 5.02. The lowest BCUT2D eigenvalue weighted by Gasteiger charge is -2.31. The fourth-order valence-electron chi connectivity index (χ4n) is 5.02. The van der Waals surface area contributed by atoms with E-state index < -0.39 is 0 Å².